The van der Waals surface area contributed by atoms with E-state index in [4.69, 9.17) is 0 Å². The van der Waals surface area contributed by atoms with Gasteiger partial charge in [0.2, 0.25) is 0 Å². The van der Waals surface area contributed by atoms with Gasteiger partial charge in [0.15, 0.2) is 0 Å². The van der Waals surface area contributed by atoms with Crippen molar-refractivity contribution in [2.24, 2.45) is 0 Å². The van der Waals surface area contributed by atoms with Crippen LogP contribution in [-0.4, -0.2) is 17.9 Å². The fourth-order valence-corrected chi connectivity index (χ4v) is 1.35. The molecule has 2 N–H and O–H groups in total. The van der Waals surface area contributed by atoms with Crippen LogP contribution in [0.3, 0.4) is 0 Å². The number of nitrogens with one attached hydrogen (secondary N) is 2. The Morgan fingerprint density at radius 1 is 1.33 bits per heavy atom. The van der Waals surface area contributed by atoms with Crippen LogP contribution in [0.25, 0.3) is 0 Å². The second kappa shape index (κ2) is 5.75. The number of urea groups is 1. The van der Waals surface area contributed by atoms with Crippen molar-refractivity contribution in [1.82, 2.24) is 5.32 Å². The van der Waals surface area contributed by atoms with Crippen LogP contribution in [0.15, 0.2) is 18.2 Å². The van der Waals surface area contributed by atoms with Gasteiger partial charge in [0.25, 0.3) is 0 Å². The van der Waals surface area contributed by atoms with Crippen LogP contribution in [0.5, 0.6) is 0 Å². The minimum absolute atomic E-state index is 0.169. The molecule has 0 aromatic heterocycles. The van der Waals surface area contributed by atoms with Gasteiger partial charge in [-0.1, -0.05) is 22.0 Å². The van der Waals surface area contributed by atoms with Crippen LogP contribution in [-0.2, 0) is 0 Å². The lowest BCUT2D eigenvalue weighted by molar-refractivity contribution is 0.252. The Labute approximate surface area is 98.4 Å². The van der Waals surface area contributed by atoms with Gasteiger partial charge >= 0.3 is 6.03 Å². The van der Waals surface area contributed by atoms with Crippen molar-refractivity contribution in [1.29, 1.82) is 0 Å². The number of carbonyl (C=O) groups excluding carboxylic acids is 1. The lowest BCUT2D eigenvalue weighted by Gasteiger charge is -2.08. The first kappa shape index (κ1) is 12.0. The predicted octanol–water partition coefficient (Wildman–Crippen LogP) is 2.82. The Kier molecular flexibility index (Phi) is 4.62. The fraction of sp³-hybridized carbons (Fsp3) is 0.364. The molecule has 0 aliphatic carbocycles. The van der Waals surface area contributed by atoms with E-state index in [1.165, 1.54) is 11.1 Å². The summed E-state index contributed by atoms with van der Waals surface area (Å²) < 4.78 is 0. The van der Waals surface area contributed by atoms with Gasteiger partial charge in [-0.15, -0.1) is 0 Å². The molecule has 1 rings (SSSR count). The molecule has 0 heterocycles. The molecule has 0 saturated carbocycles. The second-order valence-corrected chi connectivity index (χ2v) is 4.16. The summed E-state index contributed by atoms with van der Waals surface area (Å²) in [5, 5.41) is 6.25. The van der Waals surface area contributed by atoms with Crippen molar-refractivity contribution in [2.45, 2.75) is 13.8 Å². The largest absolute Gasteiger partial charge is 0.337 e. The maximum atomic E-state index is 11.3. The Hall–Kier alpha value is -1.03. The van der Waals surface area contributed by atoms with Crippen molar-refractivity contribution >= 4 is 27.6 Å². The quantitative estimate of drug-likeness (QED) is 0.815. The van der Waals surface area contributed by atoms with E-state index >= 15 is 0 Å². The summed E-state index contributed by atoms with van der Waals surface area (Å²) in [6.07, 6.45) is 0. The molecule has 0 fully saturated rings. The minimum atomic E-state index is -0.169. The number of rotatable bonds is 3. The summed E-state index contributed by atoms with van der Waals surface area (Å²) in [5.41, 5.74) is 3.22. The third kappa shape index (κ3) is 3.91. The molecule has 0 radical (unpaired) electrons. The SMILES string of the molecule is Cc1ccc(NC(=O)NCCBr)cc1C. The smallest absolute Gasteiger partial charge is 0.319 e. The molecule has 0 bridgehead atoms. The number of carbonyl (C=O) groups is 1. The van der Waals surface area contributed by atoms with Gasteiger partial charge in [0, 0.05) is 17.6 Å². The van der Waals surface area contributed by atoms with E-state index < -0.39 is 0 Å². The molecule has 4 heteroatoms. The molecule has 1 aromatic carbocycles. The number of hydrogen-bond donors (Lipinski definition) is 2. The molecule has 0 atom stereocenters. The molecular weight excluding hydrogens is 256 g/mol. The highest BCUT2D eigenvalue weighted by molar-refractivity contribution is 9.09. The molecule has 2 amide bonds. The van der Waals surface area contributed by atoms with Crippen molar-refractivity contribution in [3.05, 3.63) is 29.3 Å². The van der Waals surface area contributed by atoms with E-state index in [0.717, 1.165) is 11.0 Å². The normalized spacial score (nSPS) is 9.80. The molecule has 0 aliphatic heterocycles. The van der Waals surface area contributed by atoms with E-state index in [-0.39, 0.29) is 6.03 Å². The average Bonchev–Trinajstić information content (AvgIpc) is 2.20. The third-order valence-corrected chi connectivity index (χ3v) is 2.54. The molecule has 0 spiro atoms. The Bertz CT molecular complexity index is 352. The summed E-state index contributed by atoms with van der Waals surface area (Å²) >= 11 is 3.24. The summed E-state index contributed by atoms with van der Waals surface area (Å²) in [7, 11) is 0. The Morgan fingerprint density at radius 3 is 2.67 bits per heavy atom. The topological polar surface area (TPSA) is 41.1 Å². The summed E-state index contributed by atoms with van der Waals surface area (Å²) in [4.78, 5) is 11.3. The van der Waals surface area contributed by atoms with E-state index in [9.17, 15) is 4.79 Å². The highest BCUT2D eigenvalue weighted by Crippen LogP contribution is 2.13. The van der Waals surface area contributed by atoms with Crippen LogP contribution in [0.2, 0.25) is 0 Å². The van der Waals surface area contributed by atoms with Gasteiger partial charge < -0.3 is 10.6 Å². The number of benzene rings is 1. The maximum Gasteiger partial charge on any atom is 0.319 e. The highest BCUT2D eigenvalue weighted by Gasteiger charge is 2.01. The van der Waals surface area contributed by atoms with Gasteiger partial charge in [-0.2, -0.15) is 0 Å². The monoisotopic (exact) mass is 270 g/mol. The summed E-state index contributed by atoms with van der Waals surface area (Å²) in [5.74, 6) is 0. The van der Waals surface area contributed by atoms with Crippen molar-refractivity contribution in [3.63, 3.8) is 0 Å². The minimum Gasteiger partial charge on any atom is -0.337 e. The lowest BCUT2D eigenvalue weighted by Crippen LogP contribution is -2.30. The maximum absolute atomic E-state index is 11.3. The number of alkyl halides is 1. The van der Waals surface area contributed by atoms with Gasteiger partial charge in [-0.3, -0.25) is 0 Å². The van der Waals surface area contributed by atoms with E-state index in [1.807, 2.05) is 32.0 Å². The van der Waals surface area contributed by atoms with Crippen LogP contribution in [0, 0.1) is 13.8 Å². The molecule has 82 valence electrons. The number of anilines is 1. The van der Waals surface area contributed by atoms with Crippen LogP contribution in [0.1, 0.15) is 11.1 Å². The van der Waals surface area contributed by atoms with Gasteiger partial charge in [0.1, 0.15) is 0 Å². The van der Waals surface area contributed by atoms with Gasteiger partial charge in [-0.25, -0.2) is 4.79 Å². The summed E-state index contributed by atoms with van der Waals surface area (Å²) in [6.45, 7) is 4.69. The van der Waals surface area contributed by atoms with E-state index in [0.29, 0.717) is 6.54 Å². The summed E-state index contributed by atoms with van der Waals surface area (Å²) in [6, 6.07) is 5.69. The number of amides is 2. The van der Waals surface area contributed by atoms with Gasteiger partial charge in [0.05, 0.1) is 0 Å². The first-order valence-corrected chi connectivity index (χ1v) is 5.93. The van der Waals surface area contributed by atoms with Crippen LogP contribution in [0.4, 0.5) is 10.5 Å². The standard InChI is InChI=1S/C11H15BrN2O/c1-8-3-4-10(7-9(8)2)14-11(15)13-6-5-12/h3-4,7H,5-6H2,1-2H3,(H2,13,14,15). The molecule has 0 aliphatic rings. The molecule has 0 unspecified atom stereocenters. The molecule has 15 heavy (non-hydrogen) atoms. The zero-order valence-corrected chi connectivity index (χ0v) is 10.5. The highest BCUT2D eigenvalue weighted by atomic mass is 79.9. The second-order valence-electron chi connectivity index (χ2n) is 3.37. The predicted molar refractivity (Wildman–Crippen MR) is 66.7 cm³/mol. The zero-order valence-electron chi connectivity index (χ0n) is 8.93. The van der Waals surface area contributed by atoms with Gasteiger partial charge in [-0.05, 0) is 37.1 Å². The number of hydrogen-bond acceptors (Lipinski definition) is 1. The Balaban J connectivity index is 2.57. The first-order chi connectivity index (χ1) is 7.13. The molecule has 0 saturated heterocycles. The first-order valence-electron chi connectivity index (χ1n) is 4.81. The van der Waals surface area contributed by atoms with E-state index in [2.05, 4.69) is 26.6 Å². The lowest BCUT2D eigenvalue weighted by atomic mass is 10.1. The van der Waals surface area contributed by atoms with Crippen molar-refractivity contribution in [3.8, 4) is 0 Å². The third-order valence-electron chi connectivity index (χ3n) is 2.14. The Morgan fingerprint density at radius 2 is 2.07 bits per heavy atom. The molecule has 3 nitrogen and oxygen atoms in total. The molecular formula is C11H15BrN2O. The average molecular weight is 271 g/mol. The zero-order chi connectivity index (χ0) is 11.3. The van der Waals surface area contributed by atoms with E-state index in [1.54, 1.807) is 0 Å². The van der Waals surface area contributed by atoms with Crippen molar-refractivity contribution < 1.29 is 4.79 Å². The van der Waals surface area contributed by atoms with Crippen molar-refractivity contribution in [2.75, 3.05) is 17.2 Å². The van der Waals surface area contributed by atoms with Crippen LogP contribution < -0.4 is 10.6 Å². The fourth-order valence-electron chi connectivity index (χ4n) is 1.16. The molecule has 1 aromatic rings. The van der Waals surface area contributed by atoms with Crippen LogP contribution >= 0.6 is 15.9 Å². The number of aryl methyl sites for hydroxylation is 2. The number of halogens is 1.